The van der Waals surface area contributed by atoms with Gasteiger partial charge in [0.05, 0.1) is 12.3 Å². The van der Waals surface area contributed by atoms with Gasteiger partial charge in [-0.05, 0) is 25.0 Å². The molecule has 8 nitrogen and oxygen atoms in total. The first-order valence-electron chi connectivity index (χ1n) is 7.70. The molecule has 1 aromatic heterocycles. The summed E-state index contributed by atoms with van der Waals surface area (Å²) in [6.07, 6.45) is 1.29. The van der Waals surface area contributed by atoms with Crippen molar-refractivity contribution in [2.45, 2.75) is 25.5 Å². The van der Waals surface area contributed by atoms with E-state index in [1.165, 1.54) is 6.92 Å². The van der Waals surface area contributed by atoms with E-state index in [0.717, 1.165) is 6.42 Å². The van der Waals surface area contributed by atoms with Crippen LogP contribution in [0.15, 0.2) is 12.1 Å². The lowest BCUT2D eigenvalue weighted by Gasteiger charge is -2.33. The van der Waals surface area contributed by atoms with Gasteiger partial charge in [0.2, 0.25) is 5.91 Å². The third kappa shape index (κ3) is 3.83. The zero-order valence-corrected chi connectivity index (χ0v) is 13.6. The van der Waals surface area contributed by atoms with Crippen molar-refractivity contribution in [1.82, 2.24) is 10.3 Å². The molecule has 1 aliphatic rings. The first-order chi connectivity index (χ1) is 10.9. The number of carbonyl (C=O) groups is 1. The van der Waals surface area contributed by atoms with Crippen molar-refractivity contribution in [3.63, 3.8) is 0 Å². The van der Waals surface area contributed by atoms with E-state index < -0.39 is 5.72 Å². The number of carbonyl (C=O) groups excluding carboxylic acids is 1. The minimum atomic E-state index is -1.27. The van der Waals surface area contributed by atoms with Crippen LogP contribution >= 0.6 is 0 Å². The number of aromatic nitrogens is 1. The van der Waals surface area contributed by atoms with E-state index in [9.17, 15) is 15.0 Å². The number of aliphatic hydroxyl groups is 2. The van der Waals surface area contributed by atoms with Gasteiger partial charge in [-0.1, -0.05) is 0 Å². The quantitative estimate of drug-likeness (QED) is 0.559. The second-order valence-corrected chi connectivity index (χ2v) is 5.88. The van der Waals surface area contributed by atoms with E-state index in [2.05, 4.69) is 10.3 Å². The van der Waals surface area contributed by atoms with Crippen molar-refractivity contribution in [3.8, 4) is 0 Å². The monoisotopic (exact) mass is 323 g/mol. The minimum absolute atomic E-state index is 0.0850. The van der Waals surface area contributed by atoms with Crippen molar-refractivity contribution < 1.29 is 15.0 Å². The maximum absolute atomic E-state index is 10.9. The van der Waals surface area contributed by atoms with Gasteiger partial charge in [0, 0.05) is 33.6 Å². The zero-order valence-electron chi connectivity index (χ0n) is 13.6. The van der Waals surface area contributed by atoms with Crippen molar-refractivity contribution in [3.05, 3.63) is 12.1 Å². The summed E-state index contributed by atoms with van der Waals surface area (Å²) in [4.78, 5) is 19.0. The number of hydrogen-bond acceptors (Lipinski definition) is 7. The fourth-order valence-electron chi connectivity index (χ4n) is 2.77. The minimum Gasteiger partial charge on any atom is -0.396 e. The molecule has 128 valence electrons. The van der Waals surface area contributed by atoms with E-state index in [0.29, 0.717) is 43.4 Å². The van der Waals surface area contributed by atoms with Crippen LogP contribution in [0.4, 0.5) is 17.3 Å². The highest BCUT2D eigenvalue weighted by molar-refractivity contribution is 5.73. The Balaban J connectivity index is 2.17. The summed E-state index contributed by atoms with van der Waals surface area (Å²) >= 11 is 0. The Morgan fingerprint density at radius 2 is 2.30 bits per heavy atom. The molecule has 0 saturated carbocycles. The van der Waals surface area contributed by atoms with E-state index in [1.54, 1.807) is 17.0 Å². The second kappa shape index (κ2) is 7.01. The molecule has 1 amide bonds. The molecule has 1 unspecified atom stereocenters. The van der Waals surface area contributed by atoms with Crippen molar-refractivity contribution in [2.24, 2.45) is 0 Å². The van der Waals surface area contributed by atoms with E-state index in [-0.39, 0.29) is 12.5 Å². The molecule has 8 heteroatoms. The number of anilines is 3. The smallest absolute Gasteiger partial charge is 0.216 e. The molecule has 0 aromatic carbocycles. The zero-order chi connectivity index (χ0) is 17.0. The average molecular weight is 323 g/mol. The Kier molecular flexibility index (Phi) is 5.27. The summed E-state index contributed by atoms with van der Waals surface area (Å²) in [5.74, 6) is 1.08. The Labute approximate surface area is 135 Å². The highest BCUT2D eigenvalue weighted by atomic mass is 16.4. The van der Waals surface area contributed by atoms with Crippen molar-refractivity contribution in [1.29, 1.82) is 0 Å². The molecule has 0 radical (unpaired) electrons. The Morgan fingerprint density at radius 3 is 2.96 bits per heavy atom. The van der Waals surface area contributed by atoms with E-state index in [1.807, 2.05) is 11.9 Å². The molecule has 0 bridgehead atoms. The van der Waals surface area contributed by atoms with Gasteiger partial charge in [0.25, 0.3) is 0 Å². The molecule has 2 heterocycles. The van der Waals surface area contributed by atoms with Crippen LogP contribution in [-0.4, -0.2) is 60.1 Å². The van der Waals surface area contributed by atoms with E-state index in [4.69, 9.17) is 5.73 Å². The van der Waals surface area contributed by atoms with Crippen LogP contribution in [0.5, 0.6) is 0 Å². The summed E-state index contributed by atoms with van der Waals surface area (Å²) in [6, 6.07) is 3.48. The summed E-state index contributed by atoms with van der Waals surface area (Å²) in [6.45, 7) is 2.80. The molecule has 1 saturated heterocycles. The fourth-order valence-corrected chi connectivity index (χ4v) is 2.77. The predicted octanol–water partition coefficient (Wildman–Crippen LogP) is -0.483. The lowest BCUT2D eigenvalue weighted by Crippen LogP contribution is -2.47. The van der Waals surface area contributed by atoms with Crippen LogP contribution in [0, 0.1) is 0 Å². The molecule has 1 fully saturated rings. The number of nitrogen functional groups attached to an aromatic ring is 1. The Hall–Kier alpha value is -2.06. The molecule has 1 aromatic rings. The van der Waals surface area contributed by atoms with Crippen LogP contribution in [0.2, 0.25) is 0 Å². The molecule has 0 aliphatic carbocycles. The standard InChI is InChI=1S/C15H25N5O3/c1-11(22)17-7-9-19(2)14-12(16)4-5-13(18-14)20-8-3-6-15(20,23)10-21/h4-5,21,23H,3,6-10,16H2,1-2H3,(H,17,22). The fraction of sp³-hybridized carbons (Fsp3) is 0.600. The van der Waals surface area contributed by atoms with Gasteiger partial charge in [0.15, 0.2) is 11.5 Å². The predicted molar refractivity (Wildman–Crippen MR) is 89.2 cm³/mol. The molecule has 1 atom stereocenters. The van der Waals surface area contributed by atoms with Gasteiger partial charge in [-0.2, -0.15) is 0 Å². The lowest BCUT2D eigenvalue weighted by molar-refractivity contribution is -0.118. The van der Waals surface area contributed by atoms with Gasteiger partial charge >= 0.3 is 0 Å². The van der Waals surface area contributed by atoms with Gasteiger partial charge in [0.1, 0.15) is 5.82 Å². The molecule has 23 heavy (non-hydrogen) atoms. The number of rotatable bonds is 6. The summed E-state index contributed by atoms with van der Waals surface area (Å²) in [5, 5.41) is 22.6. The van der Waals surface area contributed by atoms with Crippen LogP contribution in [0.3, 0.4) is 0 Å². The maximum atomic E-state index is 10.9. The van der Waals surface area contributed by atoms with Gasteiger partial charge in [-0.25, -0.2) is 4.98 Å². The third-order valence-corrected chi connectivity index (χ3v) is 4.06. The number of likely N-dealkylation sites (N-methyl/N-ethyl adjacent to an activating group) is 1. The summed E-state index contributed by atoms with van der Waals surface area (Å²) < 4.78 is 0. The van der Waals surface area contributed by atoms with Crippen LogP contribution in [0.1, 0.15) is 19.8 Å². The normalized spacial score (nSPS) is 20.6. The number of hydrogen-bond donors (Lipinski definition) is 4. The summed E-state index contributed by atoms with van der Waals surface area (Å²) in [7, 11) is 1.84. The number of pyridine rings is 1. The van der Waals surface area contributed by atoms with Crippen LogP contribution in [0.25, 0.3) is 0 Å². The number of nitrogens with zero attached hydrogens (tertiary/aromatic N) is 3. The average Bonchev–Trinajstić information content (AvgIpc) is 2.90. The number of aliphatic hydroxyl groups excluding tert-OH is 1. The molecular formula is C15H25N5O3. The van der Waals surface area contributed by atoms with Crippen LogP contribution < -0.4 is 20.9 Å². The lowest BCUT2D eigenvalue weighted by atomic mass is 10.1. The topological polar surface area (TPSA) is 115 Å². The first-order valence-corrected chi connectivity index (χ1v) is 7.70. The summed E-state index contributed by atoms with van der Waals surface area (Å²) in [5.41, 5.74) is 5.25. The maximum Gasteiger partial charge on any atom is 0.216 e. The van der Waals surface area contributed by atoms with Gasteiger partial charge in [-0.15, -0.1) is 0 Å². The second-order valence-electron chi connectivity index (χ2n) is 5.88. The largest absolute Gasteiger partial charge is 0.396 e. The Morgan fingerprint density at radius 1 is 1.57 bits per heavy atom. The van der Waals surface area contributed by atoms with Gasteiger partial charge in [-0.3, -0.25) is 4.79 Å². The number of nitrogens with one attached hydrogen (secondary N) is 1. The first kappa shape index (κ1) is 17.3. The highest BCUT2D eigenvalue weighted by Gasteiger charge is 2.39. The SMILES string of the molecule is CC(=O)NCCN(C)c1nc(N2CCCC2(O)CO)ccc1N. The van der Waals surface area contributed by atoms with Crippen molar-refractivity contribution >= 4 is 23.2 Å². The number of nitrogens with two attached hydrogens (primary N) is 1. The molecule has 1 aliphatic heterocycles. The number of amides is 1. The molecule has 2 rings (SSSR count). The van der Waals surface area contributed by atoms with Gasteiger partial charge < -0.3 is 31.1 Å². The van der Waals surface area contributed by atoms with Crippen LogP contribution in [-0.2, 0) is 4.79 Å². The molecule has 5 N–H and O–H groups in total. The Bertz CT molecular complexity index is 568. The highest BCUT2D eigenvalue weighted by Crippen LogP contribution is 2.33. The van der Waals surface area contributed by atoms with E-state index >= 15 is 0 Å². The third-order valence-electron chi connectivity index (χ3n) is 4.06. The molecular weight excluding hydrogens is 298 g/mol. The van der Waals surface area contributed by atoms with Crippen molar-refractivity contribution in [2.75, 3.05) is 48.8 Å². The molecule has 0 spiro atoms.